The molecule has 1 nitrogen and oxygen atoms in total. The van der Waals surface area contributed by atoms with Crippen LogP contribution in [0.4, 0.5) is 5.69 Å². The molecule has 1 aromatic carbocycles. The molecule has 2 heteroatoms. The minimum atomic E-state index is 0. The summed E-state index contributed by atoms with van der Waals surface area (Å²) >= 11 is 0. The molecule has 14 heavy (non-hydrogen) atoms. The second-order valence-corrected chi connectivity index (χ2v) is 4.20. The molecule has 1 aliphatic rings. The Kier molecular flexibility index (Phi) is 3.80. The zero-order chi connectivity index (χ0) is 9.64. The first-order chi connectivity index (χ1) is 6.01. The Morgan fingerprint density at radius 3 is 2.57 bits per heavy atom. The Labute approximate surface area is 135 Å². The van der Waals surface area contributed by atoms with Crippen molar-refractivity contribution in [2.75, 3.05) is 0 Å². The SMILES string of the molecule is C=C1[N-]c2cc(C)ccc2C1(C)C.[Rb+]. The third-order valence-electron chi connectivity index (χ3n) is 2.80. The molecule has 0 bridgehead atoms. The minimum absolute atomic E-state index is 0. The van der Waals surface area contributed by atoms with Crippen LogP contribution >= 0.6 is 0 Å². The van der Waals surface area contributed by atoms with Crippen LogP contribution in [0.3, 0.4) is 0 Å². The molecular formula is C12H14NRb. The van der Waals surface area contributed by atoms with E-state index in [9.17, 15) is 0 Å². The normalized spacial score (nSPS) is 16.9. The van der Waals surface area contributed by atoms with E-state index in [1.807, 2.05) is 0 Å². The summed E-state index contributed by atoms with van der Waals surface area (Å²) < 4.78 is 0. The van der Waals surface area contributed by atoms with Gasteiger partial charge in [0.25, 0.3) is 0 Å². The molecule has 0 N–H and O–H groups in total. The van der Waals surface area contributed by atoms with Crippen LogP contribution in [0.1, 0.15) is 25.0 Å². The summed E-state index contributed by atoms with van der Waals surface area (Å²) in [6.45, 7) is 10.4. The molecule has 0 spiro atoms. The predicted molar refractivity (Wildman–Crippen MR) is 56.4 cm³/mol. The van der Waals surface area contributed by atoms with Gasteiger partial charge in [0, 0.05) is 0 Å². The van der Waals surface area contributed by atoms with Gasteiger partial charge in [0.2, 0.25) is 0 Å². The number of aryl methyl sites for hydroxylation is 1. The molecule has 0 amide bonds. The fraction of sp³-hybridized carbons (Fsp3) is 0.333. The van der Waals surface area contributed by atoms with Crippen LogP contribution in [-0.4, -0.2) is 0 Å². The van der Waals surface area contributed by atoms with E-state index >= 15 is 0 Å². The summed E-state index contributed by atoms with van der Waals surface area (Å²) in [5.74, 6) is 0. The largest absolute Gasteiger partial charge is 1.00 e. The van der Waals surface area contributed by atoms with Gasteiger partial charge >= 0.3 is 58.2 Å². The Hall–Kier alpha value is 0.565. The maximum Gasteiger partial charge on any atom is 1.00 e. The summed E-state index contributed by atoms with van der Waals surface area (Å²) in [4.78, 5) is 0. The Morgan fingerprint density at radius 1 is 1.29 bits per heavy atom. The minimum Gasteiger partial charge on any atom is -0.661 e. The first-order valence-electron chi connectivity index (χ1n) is 4.54. The number of nitrogens with zero attached hydrogens (tertiary/aromatic N) is 1. The van der Waals surface area contributed by atoms with E-state index in [4.69, 9.17) is 0 Å². The van der Waals surface area contributed by atoms with Gasteiger partial charge in [0.1, 0.15) is 0 Å². The van der Waals surface area contributed by atoms with Crippen molar-refractivity contribution in [3.63, 3.8) is 0 Å². The average molecular weight is 258 g/mol. The van der Waals surface area contributed by atoms with Crippen molar-refractivity contribution in [3.05, 3.63) is 46.9 Å². The number of rotatable bonds is 0. The topological polar surface area (TPSA) is 14.1 Å². The smallest absolute Gasteiger partial charge is 0.661 e. The third kappa shape index (κ3) is 1.92. The van der Waals surface area contributed by atoms with E-state index in [0.717, 1.165) is 11.4 Å². The Morgan fingerprint density at radius 2 is 1.93 bits per heavy atom. The van der Waals surface area contributed by atoms with Crippen LogP contribution in [0.15, 0.2) is 30.5 Å². The molecule has 0 saturated carbocycles. The van der Waals surface area contributed by atoms with Crippen molar-refractivity contribution < 1.29 is 58.2 Å². The predicted octanol–water partition coefficient (Wildman–Crippen LogP) is 0.809. The fourth-order valence-electron chi connectivity index (χ4n) is 1.70. The fourth-order valence-corrected chi connectivity index (χ4v) is 1.70. The van der Waals surface area contributed by atoms with E-state index in [0.29, 0.717) is 0 Å². The van der Waals surface area contributed by atoms with Crippen LogP contribution in [-0.2, 0) is 5.41 Å². The van der Waals surface area contributed by atoms with Gasteiger partial charge in [-0.25, -0.2) is 0 Å². The Bertz CT molecular complexity index is 380. The molecule has 0 aromatic heterocycles. The van der Waals surface area contributed by atoms with Gasteiger partial charge in [-0.1, -0.05) is 43.2 Å². The number of allylic oxidation sites excluding steroid dienone is 1. The molecule has 0 atom stereocenters. The number of fused-ring (bicyclic) bond motifs is 1. The quantitative estimate of drug-likeness (QED) is 0.653. The molecule has 0 radical (unpaired) electrons. The van der Waals surface area contributed by atoms with Crippen LogP contribution in [0.25, 0.3) is 5.32 Å². The zero-order valence-electron chi connectivity index (χ0n) is 9.39. The number of hydrogen-bond donors (Lipinski definition) is 0. The van der Waals surface area contributed by atoms with Crippen LogP contribution < -0.4 is 58.2 Å². The van der Waals surface area contributed by atoms with E-state index in [-0.39, 0.29) is 63.6 Å². The van der Waals surface area contributed by atoms with Crippen LogP contribution in [0, 0.1) is 6.92 Å². The van der Waals surface area contributed by atoms with Gasteiger partial charge in [0.15, 0.2) is 0 Å². The van der Waals surface area contributed by atoms with Crippen molar-refractivity contribution in [3.8, 4) is 0 Å². The molecule has 1 aromatic rings. The van der Waals surface area contributed by atoms with Gasteiger partial charge < -0.3 is 5.32 Å². The first-order valence-corrected chi connectivity index (χ1v) is 4.54. The molecular weight excluding hydrogens is 244 g/mol. The standard InChI is InChI=1S/C12H14N.Rb/c1-8-5-6-10-11(7-8)13-9(2)12(10,3)4;/h5-7H,2H2,1,3-4H3;/q-1;+1. The first kappa shape index (κ1) is 12.6. The summed E-state index contributed by atoms with van der Waals surface area (Å²) in [6.07, 6.45) is 0. The van der Waals surface area contributed by atoms with Gasteiger partial charge in [-0.05, 0) is 12.3 Å². The molecule has 68 valence electrons. The van der Waals surface area contributed by atoms with Gasteiger partial charge in [0.05, 0.1) is 0 Å². The van der Waals surface area contributed by atoms with Crippen LogP contribution in [0.2, 0.25) is 0 Å². The van der Waals surface area contributed by atoms with E-state index < -0.39 is 0 Å². The van der Waals surface area contributed by atoms with Crippen molar-refractivity contribution in [1.29, 1.82) is 0 Å². The van der Waals surface area contributed by atoms with E-state index in [1.54, 1.807) is 0 Å². The average Bonchev–Trinajstić information content (AvgIpc) is 2.23. The summed E-state index contributed by atoms with van der Waals surface area (Å²) in [6, 6.07) is 6.41. The van der Waals surface area contributed by atoms with Crippen molar-refractivity contribution in [2.45, 2.75) is 26.2 Å². The maximum absolute atomic E-state index is 4.47. The second-order valence-electron chi connectivity index (χ2n) is 4.20. The van der Waals surface area contributed by atoms with E-state index in [2.05, 4.69) is 50.9 Å². The molecule has 0 aliphatic carbocycles. The second kappa shape index (κ2) is 4.21. The van der Waals surface area contributed by atoms with Gasteiger partial charge in [-0.15, -0.1) is 12.3 Å². The molecule has 1 heterocycles. The third-order valence-corrected chi connectivity index (χ3v) is 2.80. The number of benzene rings is 1. The maximum atomic E-state index is 4.47. The summed E-state index contributed by atoms with van der Waals surface area (Å²) in [5.41, 5.74) is 4.63. The van der Waals surface area contributed by atoms with Crippen molar-refractivity contribution in [1.82, 2.24) is 0 Å². The Balaban J connectivity index is 0.000000980. The van der Waals surface area contributed by atoms with Crippen molar-refractivity contribution in [2.24, 2.45) is 0 Å². The van der Waals surface area contributed by atoms with Gasteiger partial charge in [-0.3, -0.25) is 0 Å². The van der Waals surface area contributed by atoms with Crippen molar-refractivity contribution >= 4 is 5.69 Å². The summed E-state index contributed by atoms with van der Waals surface area (Å²) in [5, 5.41) is 4.47. The zero-order valence-corrected chi connectivity index (χ0v) is 14.3. The molecule has 2 rings (SSSR count). The van der Waals surface area contributed by atoms with E-state index in [1.165, 1.54) is 11.1 Å². The number of hydrogen-bond acceptors (Lipinski definition) is 0. The monoisotopic (exact) mass is 257 g/mol. The molecule has 0 unspecified atom stereocenters. The molecule has 0 saturated heterocycles. The molecule has 0 fully saturated rings. The van der Waals surface area contributed by atoms with Gasteiger partial charge in [-0.2, -0.15) is 5.70 Å². The summed E-state index contributed by atoms with van der Waals surface area (Å²) in [7, 11) is 0. The van der Waals surface area contributed by atoms with Crippen LogP contribution in [0.5, 0.6) is 0 Å². The molecule has 1 aliphatic heterocycles.